The van der Waals surface area contributed by atoms with Crippen LogP contribution in [0.4, 0.5) is 0 Å². The highest BCUT2D eigenvalue weighted by Gasteiger charge is 2.53. The van der Waals surface area contributed by atoms with Crippen LogP contribution in [0.2, 0.25) is 0 Å². The van der Waals surface area contributed by atoms with Crippen LogP contribution in [-0.2, 0) is 14.3 Å². The highest BCUT2D eigenvalue weighted by Crippen LogP contribution is 2.26. The molecule has 0 aliphatic carbocycles. The van der Waals surface area contributed by atoms with Crippen molar-refractivity contribution in [1.29, 1.82) is 0 Å². The van der Waals surface area contributed by atoms with Gasteiger partial charge in [0.05, 0.1) is 5.54 Å². The molecule has 7 N–H and O–H groups in total. The quantitative estimate of drug-likeness (QED) is 0.340. The number of carbonyl (C=O) groups excluding carboxylic acids is 2. The van der Waals surface area contributed by atoms with E-state index in [0.717, 1.165) is 0 Å². The Hall–Kier alpha value is -1.26. The summed E-state index contributed by atoms with van der Waals surface area (Å²) in [5, 5.41) is 14.8. The van der Waals surface area contributed by atoms with E-state index in [2.05, 4.69) is 10.6 Å². The van der Waals surface area contributed by atoms with E-state index in [-0.39, 0.29) is 5.91 Å². The number of methoxy groups -OCH3 is 1. The molecule has 0 aromatic rings. The van der Waals surface area contributed by atoms with Gasteiger partial charge in [-0.1, -0.05) is 6.92 Å². The third-order valence-corrected chi connectivity index (χ3v) is 4.61. The monoisotopic (exact) mass is 331 g/mol. The van der Waals surface area contributed by atoms with E-state index >= 15 is 0 Å². The second-order valence-electron chi connectivity index (χ2n) is 6.08. The zero-order chi connectivity index (χ0) is 17.8. The first kappa shape index (κ1) is 19.8. The lowest BCUT2D eigenvalue weighted by atomic mass is 9.83. The van der Waals surface area contributed by atoms with E-state index in [0.29, 0.717) is 25.8 Å². The van der Waals surface area contributed by atoms with E-state index in [1.807, 2.05) is 0 Å². The average Bonchev–Trinajstić information content (AvgIpc) is 3.02. The van der Waals surface area contributed by atoms with Crippen LogP contribution in [-0.4, -0.2) is 66.2 Å². The predicted molar refractivity (Wildman–Crippen MR) is 84.8 cm³/mol. The first-order valence-electron chi connectivity index (χ1n) is 7.73. The molecule has 0 bridgehead atoms. The van der Waals surface area contributed by atoms with Crippen molar-refractivity contribution in [2.24, 2.45) is 11.5 Å². The molecule has 1 aliphatic heterocycles. The summed E-state index contributed by atoms with van der Waals surface area (Å²) in [5.74, 6) is -0.785. The molecule has 0 saturated carbocycles. The maximum Gasteiger partial charge on any atom is 0.260 e. The minimum absolute atomic E-state index is 0.249. The van der Waals surface area contributed by atoms with Crippen LogP contribution in [0.15, 0.2) is 0 Å². The lowest BCUT2D eigenvalue weighted by Crippen LogP contribution is -2.80. The van der Waals surface area contributed by atoms with Crippen molar-refractivity contribution in [3.05, 3.63) is 0 Å². The molecule has 2 amide bonds. The SMILES string of the molecule is CC[C@@](C)(N)[C@](N)(NC(O)OC)C(=O)N1CCCC1C(=O)NC. The van der Waals surface area contributed by atoms with Gasteiger partial charge < -0.3 is 31.5 Å². The molecule has 0 aromatic heterocycles. The number of amides is 2. The van der Waals surface area contributed by atoms with Crippen molar-refractivity contribution in [2.45, 2.75) is 56.8 Å². The fraction of sp³-hybridized carbons (Fsp3) is 0.857. The number of aliphatic hydroxyl groups is 1. The van der Waals surface area contributed by atoms with E-state index in [9.17, 15) is 14.7 Å². The summed E-state index contributed by atoms with van der Waals surface area (Å²) in [6.07, 6.45) is 0.165. The molecule has 0 aromatic carbocycles. The molecule has 0 radical (unpaired) electrons. The predicted octanol–water partition coefficient (Wildman–Crippen LogP) is -1.98. The molecule has 1 fully saturated rings. The number of nitrogens with one attached hydrogen (secondary N) is 2. The highest BCUT2D eigenvalue weighted by atomic mass is 16.6. The van der Waals surface area contributed by atoms with Gasteiger partial charge in [-0.25, -0.2) is 5.32 Å². The third-order valence-electron chi connectivity index (χ3n) is 4.61. The number of likely N-dealkylation sites (tertiary alicyclic amines) is 1. The van der Waals surface area contributed by atoms with Crippen LogP contribution in [0.1, 0.15) is 33.1 Å². The number of nitrogens with two attached hydrogens (primary N) is 2. The standard InChI is InChI=1S/C14H29N5O4/c1-5-13(2,15)14(16,18-12(22)23-4)11(21)19-8-6-7-9(19)10(20)17-3/h9,12,18,22H,5-8,15-16H2,1-4H3,(H,17,20)/t9?,12?,13-,14-/m1/s1. The number of hydrogen-bond donors (Lipinski definition) is 5. The molecule has 4 atom stereocenters. The maximum absolute atomic E-state index is 13.1. The molecular formula is C14H29N5O4. The molecule has 134 valence electrons. The van der Waals surface area contributed by atoms with Crippen LogP contribution in [0.5, 0.6) is 0 Å². The second-order valence-corrected chi connectivity index (χ2v) is 6.08. The second kappa shape index (κ2) is 7.54. The maximum atomic E-state index is 13.1. The van der Waals surface area contributed by atoms with Crippen molar-refractivity contribution in [3.63, 3.8) is 0 Å². The van der Waals surface area contributed by atoms with Crippen molar-refractivity contribution in [2.75, 3.05) is 20.7 Å². The van der Waals surface area contributed by atoms with Crippen LogP contribution in [0, 0.1) is 0 Å². The number of rotatable bonds is 7. The molecule has 9 heteroatoms. The molecule has 23 heavy (non-hydrogen) atoms. The Bertz CT molecular complexity index is 445. The normalized spacial score (nSPS) is 24.7. The number of aliphatic hydroxyl groups excluding tert-OH is 1. The minimum atomic E-state index is -1.78. The smallest absolute Gasteiger partial charge is 0.260 e. The van der Waals surface area contributed by atoms with Crippen molar-refractivity contribution < 1.29 is 19.4 Å². The van der Waals surface area contributed by atoms with E-state index in [1.165, 1.54) is 19.1 Å². The summed E-state index contributed by atoms with van der Waals surface area (Å²) in [6.45, 7) is 3.81. The largest absolute Gasteiger partial charge is 0.357 e. The van der Waals surface area contributed by atoms with Crippen LogP contribution < -0.4 is 22.1 Å². The number of hydrogen-bond acceptors (Lipinski definition) is 7. The summed E-state index contributed by atoms with van der Waals surface area (Å²) in [5.41, 5.74) is 9.56. The van der Waals surface area contributed by atoms with Crippen molar-refractivity contribution >= 4 is 11.8 Å². The lowest BCUT2D eigenvalue weighted by Gasteiger charge is -2.45. The molecule has 1 saturated heterocycles. The molecule has 1 aliphatic rings. The molecule has 1 heterocycles. The van der Waals surface area contributed by atoms with Gasteiger partial charge in [0.25, 0.3) is 5.91 Å². The lowest BCUT2D eigenvalue weighted by molar-refractivity contribution is -0.159. The highest BCUT2D eigenvalue weighted by molar-refractivity contribution is 5.93. The molecule has 9 nitrogen and oxygen atoms in total. The molecule has 1 rings (SSSR count). The average molecular weight is 331 g/mol. The summed E-state index contributed by atoms with van der Waals surface area (Å²) < 4.78 is 4.75. The molecule has 2 unspecified atom stereocenters. The van der Waals surface area contributed by atoms with Crippen LogP contribution in [0.3, 0.4) is 0 Å². The number of likely N-dealkylation sites (N-methyl/N-ethyl adjacent to an activating group) is 1. The van der Waals surface area contributed by atoms with E-state index < -0.39 is 29.6 Å². The van der Waals surface area contributed by atoms with Crippen molar-refractivity contribution in [3.8, 4) is 0 Å². The zero-order valence-corrected chi connectivity index (χ0v) is 14.3. The van der Waals surface area contributed by atoms with Gasteiger partial charge in [-0.2, -0.15) is 0 Å². The van der Waals surface area contributed by atoms with Gasteiger partial charge in [-0.3, -0.25) is 9.59 Å². The topological polar surface area (TPSA) is 143 Å². The Labute approximate surface area is 136 Å². The minimum Gasteiger partial charge on any atom is -0.357 e. The van der Waals surface area contributed by atoms with Gasteiger partial charge in [-0.15, -0.1) is 0 Å². The Morgan fingerprint density at radius 3 is 2.57 bits per heavy atom. The van der Waals surface area contributed by atoms with Gasteiger partial charge in [0.15, 0.2) is 5.66 Å². The summed E-state index contributed by atoms with van der Waals surface area (Å²) in [6, 6.07) is -0.593. The Kier molecular flexibility index (Phi) is 6.49. The fourth-order valence-electron chi connectivity index (χ4n) is 2.68. The summed E-state index contributed by atoms with van der Waals surface area (Å²) in [7, 11) is 2.79. The zero-order valence-electron chi connectivity index (χ0n) is 14.3. The van der Waals surface area contributed by atoms with Gasteiger partial charge >= 0.3 is 0 Å². The van der Waals surface area contributed by atoms with E-state index in [1.54, 1.807) is 13.8 Å². The van der Waals surface area contributed by atoms with Crippen molar-refractivity contribution in [1.82, 2.24) is 15.5 Å². The summed E-state index contributed by atoms with van der Waals surface area (Å²) in [4.78, 5) is 26.5. The number of carbonyl (C=O) groups is 2. The van der Waals surface area contributed by atoms with Gasteiger partial charge in [0, 0.05) is 20.7 Å². The fourth-order valence-corrected chi connectivity index (χ4v) is 2.68. The summed E-state index contributed by atoms with van der Waals surface area (Å²) >= 11 is 0. The van der Waals surface area contributed by atoms with Crippen LogP contribution >= 0.6 is 0 Å². The first-order valence-corrected chi connectivity index (χ1v) is 7.73. The van der Waals surface area contributed by atoms with Gasteiger partial charge in [0.1, 0.15) is 6.04 Å². The Balaban J connectivity index is 3.15. The van der Waals surface area contributed by atoms with E-state index in [4.69, 9.17) is 16.2 Å². The third kappa shape index (κ3) is 3.81. The Morgan fingerprint density at radius 2 is 2.09 bits per heavy atom. The molecular weight excluding hydrogens is 302 g/mol. The Morgan fingerprint density at radius 1 is 1.48 bits per heavy atom. The molecule has 0 spiro atoms. The van der Waals surface area contributed by atoms with Gasteiger partial charge in [0.2, 0.25) is 12.3 Å². The number of nitrogens with zero attached hydrogens (tertiary/aromatic N) is 1. The van der Waals surface area contributed by atoms with Gasteiger partial charge in [-0.05, 0) is 26.2 Å². The first-order chi connectivity index (χ1) is 10.6. The number of ether oxygens (including phenoxy) is 1. The van der Waals surface area contributed by atoms with Crippen LogP contribution in [0.25, 0.3) is 0 Å².